The zero-order valence-corrected chi connectivity index (χ0v) is 14.6. The number of carboxylic acid groups (broad SMARTS) is 1. The molecular formula is C17H23BrO3. The van der Waals surface area contributed by atoms with Crippen molar-refractivity contribution in [1.82, 2.24) is 0 Å². The van der Waals surface area contributed by atoms with Gasteiger partial charge in [0.2, 0.25) is 0 Å². The second-order valence-electron chi connectivity index (χ2n) is 7.02. The summed E-state index contributed by atoms with van der Waals surface area (Å²) < 4.78 is 7.04. The van der Waals surface area contributed by atoms with Crippen molar-refractivity contribution in [3.8, 4) is 0 Å². The summed E-state index contributed by atoms with van der Waals surface area (Å²) in [5, 5.41) is 9.72. The van der Waals surface area contributed by atoms with Gasteiger partial charge in [-0.2, -0.15) is 0 Å². The second-order valence-corrected chi connectivity index (χ2v) is 7.87. The van der Waals surface area contributed by atoms with Crippen molar-refractivity contribution in [2.45, 2.75) is 51.7 Å². The van der Waals surface area contributed by atoms with Gasteiger partial charge in [-0.3, -0.25) is 4.79 Å². The highest BCUT2D eigenvalue weighted by molar-refractivity contribution is 9.10. The van der Waals surface area contributed by atoms with Crippen LogP contribution in [0, 0.1) is 11.8 Å². The van der Waals surface area contributed by atoms with Crippen molar-refractivity contribution in [1.29, 1.82) is 0 Å². The summed E-state index contributed by atoms with van der Waals surface area (Å²) in [4.78, 5) is 11.8. The first kappa shape index (κ1) is 16.5. The highest BCUT2D eigenvalue weighted by Gasteiger charge is 2.50. The molecule has 4 heteroatoms. The van der Waals surface area contributed by atoms with Crippen LogP contribution in [0.3, 0.4) is 0 Å². The minimum Gasteiger partial charge on any atom is -0.481 e. The van der Waals surface area contributed by atoms with Crippen molar-refractivity contribution in [2.24, 2.45) is 11.8 Å². The predicted molar refractivity (Wildman–Crippen MR) is 86.3 cm³/mol. The van der Waals surface area contributed by atoms with Crippen LogP contribution in [0.5, 0.6) is 0 Å². The quantitative estimate of drug-likeness (QED) is 0.877. The van der Waals surface area contributed by atoms with Crippen molar-refractivity contribution >= 4 is 21.9 Å². The Hall–Kier alpha value is -0.870. The zero-order valence-electron chi connectivity index (χ0n) is 13.0. The van der Waals surface area contributed by atoms with E-state index in [0.29, 0.717) is 6.42 Å². The monoisotopic (exact) mass is 354 g/mol. The van der Waals surface area contributed by atoms with Crippen molar-refractivity contribution in [2.75, 3.05) is 0 Å². The van der Waals surface area contributed by atoms with Gasteiger partial charge in [0.25, 0.3) is 0 Å². The molecule has 0 aliphatic carbocycles. The molecule has 3 nitrogen and oxygen atoms in total. The molecule has 2 rings (SSSR count). The molecule has 2 unspecified atom stereocenters. The van der Waals surface area contributed by atoms with Gasteiger partial charge in [-0.1, -0.05) is 34.1 Å². The molecule has 0 amide bonds. The number of carbonyl (C=O) groups is 1. The fourth-order valence-electron chi connectivity index (χ4n) is 3.53. The fraction of sp³-hybridized carbons (Fsp3) is 0.588. The highest BCUT2D eigenvalue weighted by Crippen LogP contribution is 2.46. The molecule has 0 radical (unpaired) electrons. The maximum absolute atomic E-state index is 11.8. The van der Waals surface area contributed by atoms with Crippen LogP contribution in [0.2, 0.25) is 0 Å². The Balaban J connectivity index is 2.28. The van der Waals surface area contributed by atoms with Crippen molar-refractivity contribution < 1.29 is 14.6 Å². The molecule has 116 valence electrons. The first-order valence-electron chi connectivity index (χ1n) is 7.29. The van der Waals surface area contributed by atoms with Crippen LogP contribution in [0.25, 0.3) is 0 Å². The van der Waals surface area contributed by atoms with Crippen LogP contribution >= 0.6 is 15.9 Å². The van der Waals surface area contributed by atoms with Gasteiger partial charge in [0.05, 0.1) is 17.1 Å². The normalized spacial score (nSPS) is 24.7. The largest absolute Gasteiger partial charge is 0.481 e. The van der Waals surface area contributed by atoms with Gasteiger partial charge in [0, 0.05) is 10.4 Å². The van der Waals surface area contributed by atoms with Gasteiger partial charge in [-0.05, 0) is 52.2 Å². The first-order chi connectivity index (χ1) is 9.62. The van der Waals surface area contributed by atoms with E-state index in [1.807, 2.05) is 52.0 Å². The Labute approximate surface area is 134 Å². The number of aliphatic carboxylic acids is 1. The number of ether oxygens (including phenoxy) is 1. The van der Waals surface area contributed by atoms with Crippen LogP contribution in [0.15, 0.2) is 28.7 Å². The summed E-state index contributed by atoms with van der Waals surface area (Å²) >= 11 is 3.51. The van der Waals surface area contributed by atoms with Gasteiger partial charge in [-0.15, -0.1) is 0 Å². The SMILES string of the molecule is CC1(C)CC(C(Cc2ccccc2Br)C(=O)O)C(C)(C)O1. The third-order valence-corrected chi connectivity index (χ3v) is 5.12. The summed E-state index contributed by atoms with van der Waals surface area (Å²) in [6, 6.07) is 7.82. The molecule has 1 N–H and O–H groups in total. The molecule has 21 heavy (non-hydrogen) atoms. The Morgan fingerprint density at radius 3 is 2.48 bits per heavy atom. The van der Waals surface area contributed by atoms with Crippen LogP contribution in [0.4, 0.5) is 0 Å². The lowest BCUT2D eigenvalue weighted by molar-refractivity contribution is -0.147. The van der Waals surface area contributed by atoms with E-state index in [1.165, 1.54) is 0 Å². The van der Waals surface area contributed by atoms with E-state index in [2.05, 4.69) is 15.9 Å². The summed E-state index contributed by atoms with van der Waals surface area (Å²) in [6.45, 7) is 8.07. The van der Waals surface area contributed by atoms with E-state index >= 15 is 0 Å². The van der Waals surface area contributed by atoms with Gasteiger partial charge in [-0.25, -0.2) is 0 Å². The molecule has 1 aliphatic heterocycles. The molecule has 1 aliphatic rings. The Morgan fingerprint density at radius 2 is 2.00 bits per heavy atom. The van der Waals surface area contributed by atoms with Crippen LogP contribution in [0.1, 0.15) is 39.7 Å². The average Bonchev–Trinajstić information content (AvgIpc) is 2.55. The Morgan fingerprint density at radius 1 is 1.38 bits per heavy atom. The van der Waals surface area contributed by atoms with Crippen LogP contribution < -0.4 is 0 Å². The minimum atomic E-state index is -0.745. The number of carboxylic acids is 1. The van der Waals surface area contributed by atoms with Crippen molar-refractivity contribution in [3.63, 3.8) is 0 Å². The molecule has 1 saturated heterocycles. The standard InChI is InChI=1S/C17H23BrO3/c1-16(2)10-13(17(3,4)21-16)12(15(19)20)9-11-7-5-6-8-14(11)18/h5-8,12-13H,9-10H2,1-4H3,(H,19,20). The molecule has 0 spiro atoms. The van der Waals surface area contributed by atoms with E-state index in [0.717, 1.165) is 16.5 Å². The smallest absolute Gasteiger partial charge is 0.307 e. The molecule has 1 aromatic rings. The predicted octanol–water partition coefficient (Wildman–Crippen LogP) is 4.29. The maximum atomic E-state index is 11.8. The molecule has 0 aromatic heterocycles. The van der Waals surface area contributed by atoms with Crippen LogP contribution in [-0.4, -0.2) is 22.3 Å². The van der Waals surface area contributed by atoms with Crippen molar-refractivity contribution in [3.05, 3.63) is 34.3 Å². The molecular weight excluding hydrogens is 332 g/mol. The average molecular weight is 355 g/mol. The zero-order chi connectivity index (χ0) is 15.8. The number of benzene rings is 1. The van der Waals surface area contributed by atoms with E-state index in [-0.39, 0.29) is 11.5 Å². The molecule has 0 bridgehead atoms. The third-order valence-electron chi connectivity index (χ3n) is 4.34. The Kier molecular flexibility index (Phi) is 4.50. The lowest BCUT2D eigenvalue weighted by atomic mass is 9.75. The summed E-state index contributed by atoms with van der Waals surface area (Å²) in [5.74, 6) is -1.19. The number of hydrogen-bond donors (Lipinski definition) is 1. The summed E-state index contributed by atoms with van der Waals surface area (Å²) in [5.41, 5.74) is 0.342. The number of hydrogen-bond acceptors (Lipinski definition) is 2. The minimum absolute atomic E-state index is 0.00268. The third kappa shape index (κ3) is 3.67. The molecule has 1 aromatic carbocycles. The van der Waals surface area contributed by atoms with E-state index in [9.17, 15) is 9.90 Å². The fourth-order valence-corrected chi connectivity index (χ4v) is 3.98. The summed E-state index contributed by atoms with van der Waals surface area (Å²) in [7, 11) is 0. The van der Waals surface area contributed by atoms with Crippen LogP contribution in [-0.2, 0) is 16.0 Å². The highest BCUT2D eigenvalue weighted by atomic mass is 79.9. The lowest BCUT2D eigenvalue weighted by Gasteiger charge is -2.31. The summed E-state index contributed by atoms with van der Waals surface area (Å²) in [6.07, 6.45) is 1.28. The van der Waals surface area contributed by atoms with Gasteiger partial charge >= 0.3 is 5.97 Å². The molecule has 2 atom stereocenters. The molecule has 1 fully saturated rings. The number of rotatable bonds is 4. The van der Waals surface area contributed by atoms with E-state index in [4.69, 9.17) is 4.74 Å². The van der Waals surface area contributed by atoms with E-state index < -0.39 is 17.5 Å². The second kappa shape index (κ2) is 5.73. The number of halogens is 1. The van der Waals surface area contributed by atoms with Gasteiger partial charge < -0.3 is 9.84 Å². The maximum Gasteiger partial charge on any atom is 0.307 e. The molecule has 1 heterocycles. The molecule has 0 saturated carbocycles. The lowest BCUT2D eigenvalue weighted by Crippen LogP contribution is -2.37. The topological polar surface area (TPSA) is 46.5 Å². The van der Waals surface area contributed by atoms with E-state index in [1.54, 1.807) is 0 Å². The van der Waals surface area contributed by atoms with Gasteiger partial charge in [0.1, 0.15) is 0 Å². The first-order valence-corrected chi connectivity index (χ1v) is 8.08. The Bertz CT molecular complexity index is 537. The van der Waals surface area contributed by atoms with Gasteiger partial charge in [0.15, 0.2) is 0 Å².